The summed E-state index contributed by atoms with van der Waals surface area (Å²) in [6.07, 6.45) is 0. The summed E-state index contributed by atoms with van der Waals surface area (Å²) in [5, 5.41) is 11.8. The second-order valence-electron chi connectivity index (χ2n) is 5.21. The molecule has 8 N–H and O–H groups in total. The van der Waals surface area contributed by atoms with Gasteiger partial charge in [0.15, 0.2) is 0 Å². The number of amides is 1. The number of nitrogens with one attached hydrogen (secondary N) is 2. The number of rotatable bonds is 4. The maximum absolute atomic E-state index is 13.2. The van der Waals surface area contributed by atoms with Crippen LogP contribution in [-0.4, -0.2) is 22.7 Å². The Bertz CT molecular complexity index is 1090. The molecule has 0 atom stereocenters. The van der Waals surface area contributed by atoms with Crippen molar-refractivity contribution in [3.05, 3.63) is 48.0 Å². The number of anilines is 2. The molecule has 28 heavy (non-hydrogen) atoms. The van der Waals surface area contributed by atoms with Crippen LogP contribution in [-0.2, 0) is 24.8 Å². The van der Waals surface area contributed by atoms with Crippen molar-refractivity contribution in [1.29, 1.82) is 0 Å². The molecule has 0 aliphatic rings. The minimum Gasteiger partial charge on any atom is -0.326 e. The van der Waals surface area contributed by atoms with Crippen molar-refractivity contribution >= 4 is 37.3 Å². The number of carbonyl (C=O) groups is 1. The van der Waals surface area contributed by atoms with Gasteiger partial charge in [-0.1, -0.05) is 0 Å². The van der Waals surface area contributed by atoms with Gasteiger partial charge in [-0.15, -0.1) is 0 Å². The summed E-state index contributed by atoms with van der Waals surface area (Å²) in [6, 6.07) is 6.43. The quantitative estimate of drug-likeness (QED) is 0.333. The number of sulfonamides is 2. The van der Waals surface area contributed by atoms with Gasteiger partial charge in [0.2, 0.25) is 26.0 Å². The normalized spacial score (nSPS) is 11.2. The van der Waals surface area contributed by atoms with Crippen LogP contribution >= 0.6 is 0 Å². The van der Waals surface area contributed by atoms with Crippen LogP contribution in [0.1, 0.15) is 6.92 Å². The van der Waals surface area contributed by atoms with E-state index in [0.29, 0.717) is 0 Å². The Morgan fingerprint density at radius 2 is 1.25 bits per heavy atom. The van der Waals surface area contributed by atoms with Gasteiger partial charge in [-0.2, -0.15) is 0 Å². The molecule has 10 nitrogen and oxygen atoms in total. The van der Waals surface area contributed by atoms with Crippen molar-refractivity contribution in [2.24, 2.45) is 16.1 Å². The number of nitrogens with two attached hydrogens (primary N) is 3. The lowest BCUT2D eigenvalue weighted by atomic mass is 10.3. The van der Waals surface area contributed by atoms with Crippen LogP contribution in [0.2, 0.25) is 0 Å². The predicted molar refractivity (Wildman–Crippen MR) is 97.7 cm³/mol. The summed E-state index contributed by atoms with van der Waals surface area (Å²) in [6.45, 7) is 1.26. The van der Waals surface area contributed by atoms with E-state index in [-0.39, 0.29) is 17.3 Å². The van der Waals surface area contributed by atoms with Crippen molar-refractivity contribution in [2.45, 2.75) is 16.7 Å². The maximum atomic E-state index is 13.2. The first kappa shape index (κ1) is 23.4. The Morgan fingerprint density at radius 1 is 0.857 bits per heavy atom. The smallest absolute Gasteiger partial charge is 0.240 e. The zero-order chi connectivity index (χ0) is 21.7. The molecule has 0 saturated carbocycles. The van der Waals surface area contributed by atoms with E-state index < -0.39 is 41.5 Å². The number of hydrogen-bond acceptors (Lipinski definition) is 7. The van der Waals surface area contributed by atoms with E-state index in [9.17, 15) is 30.4 Å². The fourth-order valence-electron chi connectivity index (χ4n) is 1.83. The van der Waals surface area contributed by atoms with Crippen molar-refractivity contribution in [2.75, 3.05) is 10.7 Å². The first-order valence-corrected chi connectivity index (χ1v) is 10.2. The van der Waals surface area contributed by atoms with Gasteiger partial charge in [-0.25, -0.2) is 35.9 Å². The lowest BCUT2D eigenvalue weighted by Gasteiger charge is -2.04. The lowest BCUT2D eigenvalue weighted by molar-refractivity contribution is -0.114. The fourth-order valence-corrected chi connectivity index (χ4v) is 3.01. The summed E-state index contributed by atoms with van der Waals surface area (Å²) in [5.41, 5.74) is 2.61. The third-order valence-corrected chi connectivity index (χ3v) is 4.85. The highest BCUT2D eigenvalue weighted by Gasteiger charge is 2.15. The van der Waals surface area contributed by atoms with E-state index in [1.807, 2.05) is 0 Å². The van der Waals surface area contributed by atoms with Gasteiger partial charge in [0.25, 0.3) is 0 Å². The monoisotopic (exact) mass is 437 g/mol. The van der Waals surface area contributed by atoms with Crippen LogP contribution in [0.15, 0.2) is 46.2 Å². The Morgan fingerprint density at radius 3 is 1.57 bits per heavy atom. The van der Waals surface area contributed by atoms with Gasteiger partial charge in [0.05, 0.1) is 5.69 Å². The molecule has 0 aromatic heterocycles. The predicted octanol–water partition coefficient (Wildman–Crippen LogP) is 0.190. The van der Waals surface area contributed by atoms with E-state index in [4.69, 9.17) is 16.1 Å². The molecule has 1 amide bonds. The second-order valence-corrected chi connectivity index (χ2v) is 8.27. The molecule has 154 valence electrons. The molecule has 2 rings (SSSR count). The molecule has 2 aromatic rings. The van der Waals surface area contributed by atoms with E-state index in [2.05, 4.69) is 10.7 Å². The maximum Gasteiger partial charge on any atom is 0.240 e. The number of hydrazine groups is 1. The van der Waals surface area contributed by atoms with Gasteiger partial charge in [-0.3, -0.25) is 10.6 Å². The standard InChI is InChI=1S/C8H9FN2O3S.C6H8FN3O2S/c1-5(12)11-6-2-3-8(7(9)4-6)15(10,13)14;7-5-3-4(10-8)1-2-6(5)13(9,11)12/h2-4H,1H3,(H,11,12)(H2,10,13,14);1-3,10H,8H2,(H2,9,11,12). The Hall–Kier alpha value is -2.65. The zero-order valence-corrected chi connectivity index (χ0v) is 15.9. The average molecular weight is 437 g/mol. The second kappa shape index (κ2) is 9.03. The van der Waals surface area contributed by atoms with Gasteiger partial charge in [0, 0.05) is 12.6 Å². The molecule has 2 aromatic carbocycles. The number of halogens is 2. The molecule has 14 heteroatoms. The van der Waals surface area contributed by atoms with Gasteiger partial charge >= 0.3 is 0 Å². The first-order chi connectivity index (χ1) is 12.8. The SMILES string of the molecule is CC(=O)Nc1ccc(S(N)(=O)=O)c(F)c1.NNc1ccc(S(N)(=O)=O)c(F)c1. The molecule has 0 radical (unpaired) electrons. The van der Waals surface area contributed by atoms with Crippen molar-refractivity contribution in [3.63, 3.8) is 0 Å². The molecule has 0 aliphatic carbocycles. The molecule has 0 unspecified atom stereocenters. The van der Waals surface area contributed by atoms with Crippen LogP contribution in [0.4, 0.5) is 20.2 Å². The summed E-state index contributed by atoms with van der Waals surface area (Å²) < 4.78 is 69.3. The van der Waals surface area contributed by atoms with Crippen LogP contribution in [0, 0.1) is 11.6 Å². The van der Waals surface area contributed by atoms with Crippen molar-refractivity contribution < 1.29 is 30.4 Å². The minimum absolute atomic E-state index is 0.174. The summed E-state index contributed by atoms with van der Waals surface area (Å²) in [5.74, 6) is 2.67. The van der Waals surface area contributed by atoms with Crippen LogP contribution in [0.3, 0.4) is 0 Å². The minimum atomic E-state index is -4.07. The summed E-state index contributed by atoms with van der Waals surface area (Å²) in [4.78, 5) is 9.48. The van der Waals surface area contributed by atoms with Gasteiger partial charge in [-0.05, 0) is 36.4 Å². The van der Waals surface area contributed by atoms with E-state index in [1.165, 1.54) is 19.1 Å². The summed E-state index contributed by atoms with van der Waals surface area (Å²) in [7, 11) is -8.07. The number of carbonyl (C=O) groups excluding carboxylic acids is 1. The third kappa shape index (κ3) is 6.82. The van der Waals surface area contributed by atoms with Crippen LogP contribution in [0.25, 0.3) is 0 Å². The highest BCUT2D eigenvalue weighted by Crippen LogP contribution is 2.18. The van der Waals surface area contributed by atoms with E-state index >= 15 is 0 Å². The zero-order valence-electron chi connectivity index (χ0n) is 14.3. The van der Waals surface area contributed by atoms with E-state index in [1.54, 1.807) is 0 Å². The van der Waals surface area contributed by atoms with Crippen LogP contribution < -0.4 is 26.9 Å². The Balaban J connectivity index is 0.000000283. The first-order valence-electron chi connectivity index (χ1n) is 7.14. The molecular weight excluding hydrogens is 420 g/mol. The highest BCUT2D eigenvalue weighted by atomic mass is 32.2. The van der Waals surface area contributed by atoms with Crippen molar-refractivity contribution in [1.82, 2.24) is 0 Å². The number of primary sulfonamides is 2. The Kier molecular flexibility index (Phi) is 7.54. The summed E-state index contributed by atoms with van der Waals surface area (Å²) >= 11 is 0. The average Bonchev–Trinajstić information content (AvgIpc) is 2.52. The van der Waals surface area contributed by atoms with Gasteiger partial charge < -0.3 is 10.7 Å². The molecule has 0 aliphatic heterocycles. The van der Waals surface area contributed by atoms with Crippen molar-refractivity contribution in [3.8, 4) is 0 Å². The molecule has 0 bridgehead atoms. The van der Waals surface area contributed by atoms with Gasteiger partial charge in [0.1, 0.15) is 21.4 Å². The molecule has 0 saturated heterocycles. The topological polar surface area (TPSA) is 187 Å². The molecule has 0 heterocycles. The highest BCUT2D eigenvalue weighted by molar-refractivity contribution is 7.89. The fraction of sp³-hybridized carbons (Fsp3) is 0.0714. The number of hydrogen-bond donors (Lipinski definition) is 5. The van der Waals surface area contributed by atoms with E-state index in [0.717, 1.165) is 24.3 Å². The molecule has 0 fully saturated rings. The molecule has 0 spiro atoms. The molecular formula is C14H17F2N5O5S2. The lowest BCUT2D eigenvalue weighted by Crippen LogP contribution is -2.15. The number of nitrogen functional groups attached to an aromatic ring is 1. The third-order valence-electron chi connectivity index (χ3n) is 2.96. The Labute approximate surface area is 159 Å². The van der Waals surface area contributed by atoms with Crippen LogP contribution in [0.5, 0.6) is 0 Å². The number of benzene rings is 2. The largest absolute Gasteiger partial charge is 0.326 e.